The highest BCUT2D eigenvalue weighted by Gasteiger charge is 2.19. The van der Waals surface area contributed by atoms with Crippen molar-refractivity contribution < 1.29 is 14.8 Å². The Morgan fingerprint density at radius 1 is 1.53 bits per heavy atom. The topological polar surface area (TPSA) is 72.6 Å². The lowest BCUT2D eigenvalue weighted by Gasteiger charge is -2.05. The molecule has 0 aromatic heterocycles. The van der Waals surface area contributed by atoms with E-state index in [2.05, 4.69) is 0 Å². The van der Waals surface area contributed by atoms with Crippen LogP contribution in [0.2, 0.25) is 0 Å². The molecule has 5 heteroatoms. The number of nitro groups is 1. The van der Waals surface area contributed by atoms with Crippen LogP contribution < -0.4 is 4.74 Å². The first-order valence-electron chi connectivity index (χ1n) is 4.61. The molecule has 0 saturated heterocycles. The van der Waals surface area contributed by atoms with E-state index < -0.39 is 4.92 Å². The maximum absolute atomic E-state index is 10.8. The fourth-order valence-electron chi connectivity index (χ4n) is 1.41. The maximum atomic E-state index is 10.8. The van der Waals surface area contributed by atoms with E-state index in [4.69, 9.17) is 9.84 Å². The summed E-state index contributed by atoms with van der Waals surface area (Å²) < 4.78 is 4.92. The van der Waals surface area contributed by atoms with Crippen LogP contribution in [-0.2, 0) is 6.42 Å². The summed E-state index contributed by atoms with van der Waals surface area (Å²) in [7, 11) is 1.40. The molecule has 0 bridgehead atoms. The molecule has 82 valence electrons. The van der Waals surface area contributed by atoms with E-state index in [1.54, 1.807) is 18.2 Å². The normalized spacial score (nSPS) is 10.0. The monoisotopic (exact) mass is 211 g/mol. The minimum Gasteiger partial charge on any atom is -0.490 e. The predicted octanol–water partition coefficient (Wildman–Crippen LogP) is 1.53. The molecule has 0 aliphatic rings. The third kappa shape index (κ3) is 2.66. The molecule has 1 aromatic rings. The highest BCUT2D eigenvalue weighted by molar-refractivity contribution is 5.52. The predicted molar refractivity (Wildman–Crippen MR) is 55.1 cm³/mol. The molecule has 0 radical (unpaired) electrons. The van der Waals surface area contributed by atoms with E-state index in [9.17, 15) is 10.1 Å². The largest absolute Gasteiger partial charge is 0.490 e. The van der Waals surface area contributed by atoms with Gasteiger partial charge in [-0.1, -0.05) is 12.1 Å². The maximum Gasteiger partial charge on any atom is 0.314 e. The number of aryl methyl sites for hydroxylation is 1. The molecule has 1 aromatic carbocycles. The molecule has 0 unspecified atom stereocenters. The molecule has 0 spiro atoms. The zero-order valence-corrected chi connectivity index (χ0v) is 8.47. The summed E-state index contributed by atoms with van der Waals surface area (Å²) in [5.41, 5.74) is 0.585. The molecule has 0 saturated carbocycles. The molecule has 0 fully saturated rings. The van der Waals surface area contributed by atoms with Crippen molar-refractivity contribution in [3.8, 4) is 5.75 Å². The molecular formula is C10H13NO4. The van der Waals surface area contributed by atoms with Gasteiger partial charge in [-0.3, -0.25) is 10.1 Å². The van der Waals surface area contributed by atoms with Crippen LogP contribution in [0.25, 0.3) is 0 Å². The smallest absolute Gasteiger partial charge is 0.314 e. The molecular weight excluding hydrogens is 198 g/mol. The van der Waals surface area contributed by atoms with Crippen LogP contribution in [0.3, 0.4) is 0 Å². The third-order valence-corrected chi connectivity index (χ3v) is 2.09. The van der Waals surface area contributed by atoms with Crippen molar-refractivity contribution in [2.45, 2.75) is 12.8 Å². The SMILES string of the molecule is COc1cccc(CCCO)c1[N+](=O)[O-]. The van der Waals surface area contributed by atoms with Crippen molar-refractivity contribution in [2.24, 2.45) is 0 Å². The number of ether oxygens (including phenoxy) is 1. The summed E-state index contributed by atoms with van der Waals surface area (Å²) in [4.78, 5) is 10.4. The summed E-state index contributed by atoms with van der Waals surface area (Å²) in [5, 5.41) is 19.5. The first-order chi connectivity index (χ1) is 7.20. The summed E-state index contributed by atoms with van der Waals surface area (Å²) in [6.07, 6.45) is 0.984. The molecule has 0 amide bonds. The van der Waals surface area contributed by atoms with E-state index in [1.165, 1.54) is 7.11 Å². The van der Waals surface area contributed by atoms with Gasteiger partial charge in [-0.15, -0.1) is 0 Å². The van der Waals surface area contributed by atoms with Gasteiger partial charge in [0, 0.05) is 12.2 Å². The minimum absolute atomic E-state index is 0.00606. The van der Waals surface area contributed by atoms with Crippen LogP contribution in [0.4, 0.5) is 5.69 Å². The van der Waals surface area contributed by atoms with Crippen LogP contribution in [0, 0.1) is 10.1 Å². The van der Waals surface area contributed by atoms with Gasteiger partial charge in [0.05, 0.1) is 12.0 Å². The van der Waals surface area contributed by atoms with Crippen molar-refractivity contribution in [1.29, 1.82) is 0 Å². The van der Waals surface area contributed by atoms with Crippen LogP contribution in [-0.4, -0.2) is 23.7 Å². The number of hydrogen-bond donors (Lipinski definition) is 1. The lowest BCUT2D eigenvalue weighted by Crippen LogP contribution is -2.00. The van der Waals surface area contributed by atoms with Gasteiger partial charge >= 0.3 is 5.69 Å². The Labute approximate surface area is 87.5 Å². The van der Waals surface area contributed by atoms with Crippen LogP contribution in [0.1, 0.15) is 12.0 Å². The van der Waals surface area contributed by atoms with E-state index in [0.717, 1.165) is 0 Å². The number of benzene rings is 1. The summed E-state index contributed by atoms with van der Waals surface area (Å²) in [6.45, 7) is 0.0222. The van der Waals surface area contributed by atoms with E-state index >= 15 is 0 Å². The van der Waals surface area contributed by atoms with Gasteiger partial charge in [-0.25, -0.2) is 0 Å². The molecule has 1 rings (SSSR count). The van der Waals surface area contributed by atoms with Crippen molar-refractivity contribution in [1.82, 2.24) is 0 Å². The quantitative estimate of drug-likeness (QED) is 0.592. The lowest BCUT2D eigenvalue weighted by molar-refractivity contribution is -0.386. The van der Waals surface area contributed by atoms with Gasteiger partial charge < -0.3 is 9.84 Å². The van der Waals surface area contributed by atoms with Gasteiger partial charge in [-0.05, 0) is 18.9 Å². The second-order valence-electron chi connectivity index (χ2n) is 3.05. The van der Waals surface area contributed by atoms with Gasteiger partial charge in [0.2, 0.25) is 0 Å². The second kappa shape index (κ2) is 5.31. The van der Waals surface area contributed by atoms with E-state index in [0.29, 0.717) is 18.4 Å². The number of nitrogens with zero attached hydrogens (tertiary/aromatic N) is 1. The first kappa shape index (κ1) is 11.5. The highest BCUT2D eigenvalue weighted by atomic mass is 16.6. The fourth-order valence-corrected chi connectivity index (χ4v) is 1.41. The lowest BCUT2D eigenvalue weighted by atomic mass is 10.1. The summed E-state index contributed by atoms with van der Waals surface area (Å²) in [5.74, 6) is 0.260. The van der Waals surface area contributed by atoms with Crippen molar-refractivity contribution in [3.05, 3.63) is 33.9 Å². The Kier molecular flexibility index (Phi) is 4.05. The Morgan fingerprint density at radius 2 is 2.27 bits per heavy atom. The van der Waals surface area contributed by atoms with Gasteiger partial charge in [0.25, 0.3) is 0 Å². The van der Waals surface area contributed by atoms with E-state index in [-0.39, 0.29) is 18.0 Å². The zero-order chi connectivity index (χ0) is 11.3. The van der Waals surface area contributed by atoms with Crippen LogP contribution >= 0.6 is 0 Å². The standard InChI is InChI=1S/C10H13NO4/c1-15-9-6-2-4-8(5-3-7-12)10(9)11(13)14/h2,4,6,12H,3,5,7H2,1H3. The van der Waals surface area contributed by atoms with Crippen LogP contribution in [0.5, 0.6) is 5.75 Å². The summed E-state index contributed by atoms with van der Waals surface area (Å²) >= 11 is 0. The Bertz CT molecular complexity index is 351. The number of methoxy groups -OCH3 is 1. The molecule has 0 aliphatic heterocycles. The Balaban J connectivity index is 3.07. The van der Waals surface area contributed by atoms with Gasteiger partial charge in [0.1, 0.15) is 0 Å². The Morgan fingerprint density at radius 3 is 2.80 bits per heavy atom. The average molecular weight is 211 g/mol. The number of para-hydroxylation sites is 1. The molecule has 15 heavy (non-hydrogen) atoms. The number of aliphatic hydroxyl groups is 1. The van der Waals surface area contributed by atoms with Crippen molar-refractivity contribution >= 4 is 5.69 Å². The number of aliphatic hydroxyl groups excluding tert-OH is 1. The molecule has 1 N–H and O–H groups in total. The number of hydrogen-bond acceptors (Lipinski definition) is 4. The Hall–Kier alpha value is -1.62. The van der Waals surface area contributed by atoms with Gasteiger partial charge in [-0.2, -0.15) is 0 Å². The second-order valence-corrected chi connectivity index (χ2v) is 3.05. The number of rotatable bonds is 5. The number of nitro benzene ring substituents is 1. The van der Waals surface area contributed by atoms with Crippen LogP contribution in [0.15, 0.2) is 18.2 Å². The molecule has 5 nitrogen and oxygen atoms in total. The van der Waals surface area contributed by atoms with E-state index in [1.807, 2.05) is 0 Å². The third-order valence-electron chi connectivity index (χ3n) is 2.09. The zero-order valence-electron chi connectivity index (χ0n) is 8.47. The molecule has 0 heterocycles. The van der Waals surface area contributed by atoms with Gasteiger partial charge in [0.15, 0.2) is 5.75 Å². The molecule has 0 atom stereocenters. The minimum atomic E-state index is -0.453. The van der Waals surface area contributed by atoms with Crippen molar-refractivity contribution in [2.75, 3.05) is 13.7 Å². The van der Waals surface area contributed by atoms with Crippen molar-refractivity contribution in [3.63, 3.8) is 0 Å². The molecule has 0 aliphatic carbocycles. The summed E-state index contributed by atoms with van der Waals surface area (Å²) in [6, 6.07) is 4.94. The fraction of sp³-hybridized carbons (Fsp3) is 0.400. The first-order valence-corrected chi connectivity index (χ1v) is 4.61. The highest BCUT2D eigenvalue weighted by Crippen LogP contribution is 2.31. The average Bonchev–Trinajstić information content (AvgIpc) is 2.25.